The second kappa shape index (κ2) is 11.5. The highest BCUT2D eigenvalue weighted by atomic mass is 32.2. The van der Waals surface area contributed by atoms with E-state index in [1.807, 2.05) is 0 Å². The van der Waals surface area contributed by atoms with Gasteiger partial charge in [-0.15, -0.1) is 0 Å². The summed E-state index contributed by atoms with van der Waals surface area (Å²) in [5.41, 5.74) is -1.31. The van der Waals surface area contributed by atoms with Crippen molar-refractivity contribution in [1.82, 2.24) is 0 Å². The third-order valence-corrected chi connectivity index (χ3v) is 5.17. The molecule has 2 aromatic carbocycles. The summed E-state index contributed by atoms with van der Waals surface area (Å²) < 4.78 is 58.5. The highest BCUT2D eigenvalue weighted by Gasteiger charge is 2.19. The van der Waals surface area contributed by atoms with Crippen molar-refractivity contribution in [2.24, 2.45) is 0 Å². The third-order valence-electron chi connectivity index (χ3n) is 3.43. The molecule has 0 unspecified atom stereocenters. The fraction of sp³-hybridized carbons (Fsp3) is 0.400. The molecule has 0 aromatic heterocycles. The SMILES string of the molecule is CC(C)(O)CCC(C)(C)O.O=S(=O)(O)c1ccccc1.O=S(=O)(O)c1ccccc1. The van der Waals surface area contributed by atoms with Gasteiger partial charge in [-0.25, -0.2) is 0 Å². The molecule has 0 bridgehead atoms. The van der Waals surface area contributed by atoms with Crippen LogP contribution in [-0.4, -0.2) is 47.4 Å². The molecule has 170 valence electrons. The Bertz CT molecular complexity index is 860. The van der Waals surface area contributed by atoms with Gasteiger partial charge in [0.15, 0.2) is 0 Å². The molecule has 2 aromatic rings. The fourth-order valence-electron chi connectivity index (χ4n) is 1.80. The zero-order valence-corrected chi connectivity index (χ0v) is 19.1. The summed E-state index contributed by atoms with van der Waals surface area (Å²) in [6, 6.07) is 14.8. The molecule has 0 atom stereocenters. The first-order valence-electron chi connectivity index (χ1n) is 8.92. The summed E-state index contributed by atoms with van der Waals surface area (Å²) in [6.45, 7) is 7.00. The van der Waals surface area contributed by atoms with Crippen molar-refractivity contribution in [3.05, 3.63) is 60.7 Å². The maximum absolute atomic E-state index is 10.4. The van der Waals surface area contributed by atoms with E-state index in [0.29, 0.717) is 12.8 Å². The van der Waals surface area contributed by atoms with E-state index in [2.05, 4.69) is 0 Å². The molecule has 0 aliphatic carbocycles. The van der Waals surface area contributed by atoms with Crippen LogP contribution in [-0.2, 0) is 20.2 Å². The first kappa shape index (κ1) is 28.2. The Hall–Kier alpha value is -1.82. The van der Waals surface area contributed by atoms with Gasteiger partial charge in [-0.1, -0.05) is 36.4 Å². The Morgan fingerprint density at radius 3 is 0.967 bits per heavy atom. The van der Waals surface area contributed by atoms with Crippen molar-refractivity contribution in [2.75, 3.05) is 0 Å². The fourth-order valence-corrected chi connectivity index (χ4v) is 2.80. The summed E-state index contributed by atoms with van der Waals surface area (Å²) in [4.78, 5) is -0.148. The molecule has 8 nitrogen and oxygen atoms in total. The summed E-state index contributed by atoms with van der Waals surface area (Å²) in [6.07, 6.45) is 1.27. The highest BCUT2D eigenvalue weighted by molar-refractivity contribution is 7.86. The first-order chi connectivity index (χ1) is 13.4. The minimum absolute atomic E-state index is 0.0741. The van der Waals surface area contributed by atoms with Crippen LogP contribution >= 0.6 is 0 Å². The average Bonchev–Trinajstić information content (AvgIpc) is 2.60. The molecule has 4 N–H and O–H groups in total. The molecule has 0 aliphatic rings. The normalized spacial score (nSPS) is 12.1. The average molecular weight is 463 g/mol. The summed E-state index contributed by atoms with van der Waals surface area (Å²) in [5.74, 6) is 0. The van der Waals surface area contributed by atoms with E-state index in [-0.39, 0.29) is 9.79 Å². The minimum atomic E-state index is -4.00. The number of benzene rings is 2. The second-order valence-electron chi connectivity index (χ2n) is 7.70. The van der Waals surface area contributed by atoms with E-state index in [4.69, 9.17) is 9.11 Å². The van der Waals surface area contributed by atoms with Crippen molar-refractivity contribution in [2.45, 2.75) is 61.5 Å². The lowest BCUT2D eigenvalue weighted by atomic mass is 9.94. The molecule has 30 heavy (non-hydrogen) atoms. The van der Waals surface area contributed by atoms with Crippen molar-refractivity contribution in [1.29, 1.82) is 0 Å². The van der Waals surface area contributed by atoms with Crippen molar-refractivity contribution in [3.8, 4) is 0 Å². The lowest BCUT2D eigenvalue weighted by Crippen LogP contribution is -2.26. The zero-order valence-electron chi connectivity index (χ0n) is 17.4. The molecule has 2 rings (SSSR count). The Labute approximate surface area is 178 Å². The van der Waals surface area contributed by atoms with Crippen molar-refractivity contribution < 1.29 is 36.2 Å². The van der Waals surface area contributed by atoms with Gasteiger partial charge in [-0.05, 0) is 64.8 Å². The molecule has 0 saturated carbocycles. The van der Waals surface area contributed by atoms with Crippen LogP contribution in [0.2, 0.25) is 0 Å². The van der Waals surface area contributed by atoms with Crippen LogP contribution in [0.25, 0.3) is 0 Å². The largest absolute Gasteiger partial charge is 0.390 e. The molecule has 0 heterocycles. The lowest BCUT2D eigenvalue weighted by molar-refractivity contribution is 0.0169. The number of aliphatic hydroxyl groups is 2. The Balaban J connectivity index is 0.000000420. The quantitative estimate of drug-likeness (QED) is 0.495. The van der Waals surface area contributed by atoms with E-state index in [1.54, 1.807) is 64.1 Å². The van der Waals surface area contributed by atoms with E-state index in [1.165, 1.54) is 24.3 Å². The van der Waals surface area contributed by atoms with Gasteiger partial charge in [-0.3, -0.25) is 9.11 Å². The van der Waals surface area contributed by atoms with E-state index < -0.39 is 31.4 Å². The lowest BCUT2D eigenvalue weighted by Gasteiger charge is -2.23. The molecule has 0 saturated heterocycles. The van der Waals surface area contributed by atoms with Gasteiger partial charge in [0.1, 0.15) is 0 Å². The van der Waals surface area contributed by atoms with Crippen LogP contribution in [0.4, 0.5) is 0 Å². The van der Waals surface area contributed by atoms with Crippen molar-refractivity contribution >= 4 is 20.2 Å². The summed E-state index contributed by atoms with van der Waals surface area (Å²) in [5, 5.41) is 18.5. The molecule has 10 heteroatoms. The Kier molecular flexibility index (Phi) is 10.8. The van der Waals surface area contributed by atoms with Crippen LogP contribution in [0.3, 0.4) is 0 Å². The van der Waals surface area contributed by atoms with Crippen LogP contribution in [0.5, 0.6) is 0 Å². The Morgan fingerprint density at radius 1 is 0.600 bits per heavy atom. The van der Waals surface area contributed by atoms with Crippen LogP contribution in [0.15, 0.2) is 70.5 Å². The molecule has 0 spiro atoms. The van der Waals surface area contributed by atoms with Crippen LogP contribution in [0, 0.1) is 0 Å². The smallest absolute Gasteiger partial charge is 0.294 e. The molecular weight excluding hydrogens is 432 g/mol. The number of hydrogen-bond donors (Lipinski definition) is 4. The monoisotopic (exact) mass is 462 g/mol. The van der Waals surface area contributed by atoms with E-state index in [9.17, 15) is 27.0 Å². The predicted octanol–water partition coefficient (Wildman–Crippen LogP) is 3.18. The molecule has 0 aliphatic heterocycles. The van der Waals surface area contributed by atoms with Gasteiger partial charge >= 0.3 is 0 Å². The molecule has 0 fully saturated rings. The third kappa shape index (κ3) is 15.1. The van der Waals surface area contributed by atoms with Gasteiger partial charge in [0, 0.05) is 0 Å². The molecule has 0 amide bonds. The van der Waals surface area contributed by atoms with Gasteiger partial charge in [0.05, 0.1) is 21.0 Å². The summed E-state index contributed by atoms with van der Waals surface area (Å²) >= 11 is 0. The maximum Gasteiger partial charge on any atom is 0.294 e. The Morgan fingerprint density at radius 2 is 0.833 bits per heavy atom. The molecular formula is C20H30O8S2. The topological polar surface area (TPSA) is 149 Å². The second-order valence-corrected chi connectivity index (χ2v) is 10.5. The highest BCUT2D eigenvalue weighted by Crippen LogP contribution is 2.17. The maximum atomic E-state index is 10.4. The predicted molar refractivity (Wildman–Crippen MR) is 114 cm³/mol. The summed E-state index contributed by atoms with van der Waals surface area (Å²) in [7, 11) is -8.01. The van der Waals surface area contributed by atoms with Gasteiger partial charge in [-0.2, -0.15) is 16.8 Å². The van der Waals surface area contributed by atoms with E-state index in [0.717, 1.165) is 0 Å². The number of hydrogen-bond acceptors (Lipinski definition) is 6. The van der Waals surface area contributed by atoms with Gasteiger partial charge < -0.3 is 10.2 Å². The van der Waals surface area contributed by atoms with Crippen molar-refractivity contribution in [3.63, 3.8) is 0 Å². The van der Waals surface area contributed by atoms with Crippen LogP contribution < -0.4 is 0 Å². The zero-order chi connectivity index (χ0) is 23.6. The standard InChI is InChI=1S/C8H18O2.2C6H6O3S/c1-7(2,9)5-6-8(3,4)10;2*7-10(8,9)6-4-2-1-3-5-6/h9-10H,5-6H2,1-4H3;2*1-5H,(H,7,8,9). The van der Waals surface area contributed by atoms with Crippen LogP contribution in [0.1, 0.15) is 40.5 Å². The first-order valence-corrected chi connectivity index (χ1v) is 11.8. The minimum Gasteiger partial charge on any atom is -0.390 e. The van der Waals surface area contributed by atoms with E-state index >= 15 is 0 Å². The van der Waals surface area contributed by atoms with Gasteiger partial charge in [0.2, 0.25) is 0 Å². The molecule has 0 radical (unpaired) electrons. The number of rotatable bonds is 5. The van der Waals surface area contributed by atoms with Gasteiger partial charge in [0.25, 0.3) is 20.2 Å².